The Morgan fingerprint density at radius 2 is 1.69 bits per heavy atom. The molecule has 80 valence electrons. The third-order valence-electron chi connectivity index (χ3n) is 2.26. The van der Waals surface area contributed by atoms with E-state index in [0.29, 0.717) is 6.42 Å². The summed E-state index contributed by atoms with van der Waals surface area (Å²) in [5, 5.41) is 19.2. The van der Waals surface area contributed by atoms with E-state index in [2.05, 4.69) is 0 Å². The molecule has 0 aromatic rings. The summed E-state index contributed by atoms with van der Waals surface area (Å²) in [7, 11) is 2.98. The quantitative estimate of drug-likeness (QED) is 0.629. The molecule has 0 aromatic carbocycles. The van der Waals surface area contributed by atoms with Crippen molar-refractivity contribution in [2.24, 2.45) is 0 Å². The van der Waals surface area contributed by atoms with Gasteiger partial charge in [0.25, 0.3) is 0 Å². The molecule has 0 bridgehead atoms. The lowest BCUT2D eigenvalue weighted by Crippen LogP contribution is -2.45. The molecule has 0 rings (SSSR count). The Morgan fingerprint density at radius 1 is 1.15 bits per heavy atom. The topological polar surface area (TPSA) is 58.9 Å². The van der Waals surface area contributed by atoms with E-state index in [4.69, 9.17) is 9.47 Å². The van der Waals surface area contributed by atoms with Crippen LogP contribution in [0.25, 0.3) is 0 Å². The highest BCUT2D eigenvalue weighted by Gasteiger charge is 2.29. The van der Waals surface area contributed by atoms with Crippen molar-refractivity contribution < 1.29 is 19.7 Å². The van der Waals surface area contributed by atoms with E-state index in [1.807, 2.05) is 6.92 Å². The first kappa shape index (κ1) is 12.8. The summed E-state index contributed by atoms with van der Waals surface area (Å²) < 4.78 is 9.96. The third-order valence-corrected chi connectivity index (χ3v) is 2.26. The summed E-state index contributed by atoms with van der Waals surface area (Å²) in [6.07, 6.45) is -1.83. The molecule has 13 heavy (non-hydrogen) atoms. The van der Waals surface area contributed by atoms with E-state index in [-0.39, 0.29) is 6.10 Å². The first-order chi connectivity index (χ1) is 6.08. The van der Waals surface area contributed by atoms with Crippen molar-refractivity contribution in [3.8, 4) is 0 Å². The highest BCUT2D eigenvalue weighted by molar-refractivity contribution is 4.80. The standard InChI is InChI=1S/C9H20O4/c1-5-7(10)9(13-4)8(11)6(2)12-3/h6-11H,5H2,1-4H3/t6-,7-,8?,9?/m1/s1. The van der Waals surface area contributed by atoms with Crippen LogP contribution in [0.2, 0.25) is 0 Å². The Kier molecular flexibility index (Phi) is 6.24. The Labute approximate surface area is 79.5 Å². The molecule has 0 aliphatic rings. The number of hydrogen-bond donors (Lipinski definition) is 2. The predicted octanol–water partition coefficient (Wildman–Crippen LogP) is 0.168. The fourth-order valence-corrected chi connectivity index (χ4v) is 1.16. The molecule has 0 fully saturated rings. The maximum Gasteiger partial charge on any atom is 0.111 e. The molecule has 4 nitrogen and oxygen atoms in total. The van der Waals surface area contributed by atoms with Crippen LogP contribution in [0.15, 0.2) is 0 Å². The molecule has 0 spiro atoms. The number of aliphatic hydroxyl groups is 2. The van der Waals surface area contributed by atoms with Crippen LogP contribution >= 0.6 is 0 Å². The molecule has 0 aromatic heterocycles. The number of rotatable bonds is 6. The molecule has 0 radical (unpaired) electrons. The van der Waals surface area contributed by atoms with Gasteiger partial charge in [-0.1, -0.05) is 6.92 Å². The average molecular weight is 192 g/mol. The number of ether oxygens (including phenoxy) is 2. The van der Waals surface area contributed by atoms with Gasteiger partial charge >= 0.3 is 0 Å². The summed E-state index contributed by atoms with van der Waals surface area (Å²) in [5.74, 6) is 0. The van der Waals surface area contributed by atoms with Crippen LogP contribution < -0.4 is 0 Å². The summed E-state index contributed by atoms with van der Waals surface area (Å²) >= 11 is 0. The van der Waals surface area contributed by atoms with Crippen LogP contribution in [-0.4, -0.2) is 48.8 Å². The van der Waals surface area contributed by atoms with Crippen LogP contribution in [0.4, 0.5) is 0 Å². The van der Waals surface area contributed by atoms with E-state index in [1.165, 1.54) is 14.2 Å². The van der Waals surface area contributed by atoms with E-state index < -0.39 is 18.3 Å². The van der Waals surface area contributed by atoms with Gasteiger partial charge in [0.15, 0.2) is 0 Å². The van der Waals surface area contributed by atoms with Crippen LogP contribution in [0, 0.1) is 0 Å². The smallest absolute Gasteiger partial charge is 0.111 e. The van der Waals surface area contributed by atoms with Gasteiger partial charge in [-0.05, 0) is 13.3 Å². The Bertz CT molecular complexity index is 129. The minimum Gasteiger partial charge on any atom is -0.390 e. The molecule has 2 N–H and O–H groups in total. The normalized spacial score (nSPS) is 20.8. The van der Waals surface area contributed by atoms with Crippen molar-refractivity contribution in [2.75, 3.05) is 14.2 Å². The lowest BCUT2D eigenvalue weighted by molar-refractivity contribution is -0.124. The van der Waals surface area contributed by atoms with Crippen LogP contribution in [0.1, 0.15) is 20.3 Å². The fraction of sp³-hybridized carbons (Fsp3) is 1.00. The van der Waals surface area contributed by atoms with Crippen molar-refractivity contribution in [3.63, 3.8) is 0 Å². The second-order valence-electron chi connectivity index (χ2n) is 3.11. The van der Waals surface area contributed by atoms with Crippen LogP contribution in [0.5, 0.6) is 0 Å². The highest BCUT2D eigenvalue weighted by Crippen LogP contribution is 2.12. The van der Waals surface area contributed by atoms with Crippen LogP contribution in [-0.2, 0) is 9.47 Å². The maximum absolute atomic E-state index is 9.67. The predicted molar refractivity (Wildman–Crippen MR) is 49.6 cm³/mol. The van der Waals surface area contributed by atoms with Crippen LogP contribution in [0.3, 0.4) is 0 Å². The van der Waals surface area contributed by atoms with Gasteiger partial charge in [-0.3, -0.25) is 0 Å². The second-order valence-corrected chi connectivity index (χ2v) is 3.11. The van der Waals surface area contributed by atoms with E-state index in [1.54, 1.807) is 6.92 Å². The molecular formula is C9H20O4. The summed E-state index contributed by atoms with van der Waals surface area (Å²) in [4.78, 5) is 0. The highest BCUT2D eigenvalue weighted by atomic mass is 16.5. The molecule has 0 aliphatic carbocycles. The Morgan fingerprint density at radius 3 is 2.00 bits per heavy atom. The SMILES string of the molecule is CC[C@@H](O)C(OC)C(O)[C@@H](C)OC. The zero-order valence-electron chi connectivity index (χ0n) is 8.73. The number of methoxy groups -OCH3 is 2. The minimum atomic E-state index is -0.801. The van der Waals surface area contributed by atoms with E-state index >= 15 is 0 Å². The fourth-order valence-electron chi connectivity index (χ4n) is 1.16. The van der Waals surface area contributed by atoms with E-state index in [9.17, 15) is 10.2 Å². The van der Waals surface area contributed by atoms with Gasteiger partial charge < -0.3 is 19.7 Å². The minimum absolute atomic E-state index is 0.342. The molecular weight excluding hydrogens is 172 g/mol. The largest absolute Gasteiger partial charge is 0.390 e. The molecule has 0 saturated carbocycles. The lowest BCUT2D eigenvalue weighted by Gasteiger charge is -2.28. The van der Waals surface area contributed by atoms with Crippen molar-refractivity contribution in [2.45, 2.75) is 44.7 Å². The molecule has 2 unspecified atom stereocenters. The monoisotopic (exact) mass is 192 g/mol. The second kappa shape index (κ2) is 6.32. The summed E-state index contributed by atoms with van der Waals surface area (Å²) in [6.45, 7) is 3.57. The van der Waals surface area contributed by atoms with Gasteiger partial charge in [-0.2, -0.15) is 0 Å². The maximum atomic E-state index is 9.67. The summed E-state index contributed by atoms with van der Waals surface area (Å²) in [5.41, 5.74) is 0. The van der Waals surface area contributed by atoms with Gasteiger partial charge in [0.2, 0.25) is 0 Å². The molecule has 0 amide bonds. The van der Waals surface area contributed by atoms with Gasteiger partial charge in [0.1, 0.15) is 12.2 Å². The van der Waals surface area contributed by atoms with E-state index in [0.717, 1.165) is 0 Å². The van der Waals surface area contributed by atoms with Gasteiger partial charge in [-0.25, -0.2) is 0 Å². The number of aliphatic hydroxyl groups excluding tert-OH is 2. The van der Waals surface area contributed by atoms with Crippen molar-refractivity contribution >= 4 is 0 Å². The van der Waals surface area contributed by atoms with Gasteiger partial charge in [0.05, 0.1) is 12.2 Å². The Balaban J connectivity index is 4.21. The molecule has 4 atom stereocenters. The third kappa shape index (κ3) is 3.60. The van der Waals surface area contributed by atoms with Crippen molar-refractivity contribution in [1.29, 1.82) is 0 Å². The Hall–Kier alpha value is -0.160. The zero-order chi connectivity index (χ0) is 10.4. The molecule has 0 heterocycles. The first-order valence-corrected chi connectivity index (χ1v) is 4.50. The summed E-state index contributed by atoms with van der Waals surface area (Å²) in [6, 6.07) is 0. The lowest BCUT2D eigenvalue weighted by atomic mass is 10.0. The van der Waals surface area contributed by atoms with Crippen molar-refractivity contribution in [3.05, 3.63) is 0 Å². The molecule has 4 heteroatoms. The van der Waals surface area contributed by atoms with Gasteiger partial charge in [0, 0.05) is 14.2 Å². The van der Waals surface area contributed by atoms with Crippen molar-refractivity contribution in [1.82, 2.24) is 0 Å². The molecule has 0 saturated heterocycles. The molecule has 0 aliphatic heterocycles. The number of hydrogen-bond acceptors (Lipinski definition) is 4. The van der Waals surface area contributed by atoms with Gasteiger partial charge in [-0.15, -0.1) is 0 Å². The average Bonchev–Trinajstić information content (AvgIpc) is 2.17. The zero-order valence-corrected chi connectivity index (χ0v) is 8.73. The first-order valence-electron chi connectivity index (χ1n) is 4.50.